The van der Waals surface area contributed by atoms with Crippen molar-refractivity contribution >= 4 is 17.2 Å². The number of carbonyl (C=O) groups excluding carboxylic acids is 1. The first-order valence-corrected chi connectivity index (χ1v) is 6.51. The Morgan fingerprint density at radius 3 is 2.20 bits per heavy atom. The number of hydrogen-bond acceptors (Lipinski definition) is 2. The number of nitrogens with zero attached hydrogens (tertiary/aromatic N) is 1. The van der Waals surface area contributed by atoms with Crippen LogP contribution in [0.15, 0.2) is 36.4 Å². The Balaban J connectivity index is 2.52. The molecule has 3 heteroatoms. The molecular weight excluding hydrogens is 253 g/mol. The second-order valence-corrected chi connectivity index (χ2v) is 5.12. The van der Waals surface area contributed by atoms with Crippen LogP contribution in [0.4, 0.5) is 15.8 Å². The normalized spacial score (nSPS) is 10.4. The molecule has 104 valence electrons. The molecule has 2 aromatic rings. The number of hydrogen-bond donors (Lipinski definition) is 0. The van der Waals surface area contributed by atoms with Crippen LogP contribution in [0.1, 0.15) is 28.4 Å². The first kappa shape index (κ1) is 14.3. The Morgan fingerprint density at radius 1 is 1.05 bits per heavy atom. The predicted octanol–water partition coefficient (Wildman–Crippen LogP) is 4.41. The molecule has 0 saturated heterocycles. The molecule has 0 unspecified atom stereocenters. The zero-order valence-electron chi connectivity index (χ0n) is 12.2. The third kappa shape index (κ3) is 2.87. The van der Waals surface area contributed by atoms with Gasteiger partial charge in [0.05, 0.1) is 5.69 Å². The van der Waals surface area contributed by atoms with Crippen molar-refractivity contribution < 1.29 is 9.18 Å². The summed E-state index contributed by atoms with van der Waals surface area (Å²) in [5.41, 5.74) is 4.39. The molecule has 2 nitrogen and oxygen atoms in total. The molecule has 0 heterocycles. The van der Waals surface area contributed by atoms with Crippen LogP contribution in [-0.2, 0) is 0 Å². The highest BCUT2D eigenvalue weighted by atomic mass is 19.1. The van der Waals surface area contributed by atoms with E-state index in [1.807, 2.05) is 37.9 Å². The summed E-state index contributed by atoms with van der Waals surface area (Å²) < 4.78 is 13.3. The third-order valence-electron chi connectivity index (χ3n) is 3.29. The number of carbonyl (C=O) groups is 1. The van der Waals surface area contributed by atoms with Crippen molar-refractivity contribution in [3.8, 4) is 0 Å². The minimum atomic E-state index is -0.396. The summed E-state index contributed by atoms with van der Waals surface area (Å²) in [5, 5.41) is 0. The van der Waals surface area contributed by atoms with Gasteiger partial charge in [-0.15, -0.1) is 0 Å². The van der Waals surface area contributed by atoms with Crippen LogP contribution < -0.4 is 4.90 Å². The molecule has 0 spiro atoms. The summed E-state index contributed by atoms with van der Waals surface area (Å²) in [4.78, 5) is 13.6. The van der Waals surface area contributed by atoms with Crippen LogP contribution in [0.3, 0.4) is 0 Å². The van der Waals surface area contributed by atoms with E-state index in [-0.39, 0.29) is 5.78 Å². The third-order valence-corrected chi connectivity index (χ3v) is 3.29. The number of benzene rings is 2. The van der Waals surface area contributed by atoms with E-state index < -0.39 is 5.82 Å². The lowest BCUT2D eigenvalue weighted by molar-refractivity contribution is 0.101. The Labute approximate surface area is 118 Å². The number of aryl methyl sites for hydroxylation is 2. The first-order valence-electron chi connectivity index (χ1n) is 6.51. The van der Waals surface area contributed by atoms with Crippen LogP contribution >= 0.6 is 0 Å². The molecule has 20 heavy (non-hydrogen) atoms. The Bertz CT molecular complexity index is 644. The average molecular weight is 271 g/mol. The number of ketones is 1. The first-order chi connectivity index (χ1) is 9.38. The molecular formula is C17H18FNO. The second-order valence-electron chi connectivity index (χ2n) is 5.12. The van der Waals surface area contributed by atoms with Crippen LogP contribution in [0.2, 0.25) is 0 Å². The van der Waals surface area contributed by atoms with E-state index in [0.717, 1.165) is 16.8 Å². The van der Waals surface area contributed by atoms with Crippen LogP contribution in [0.5, 0.6) is 0 Å². The Hall–Kier alpha value is -2.16. The minimum Gasteiger partial charge on any atom is -0.344 e. The van der Waals surface area contributed by atoms with Crippen molar-refractivity contribution in [2.24, 2.45) is 0 Å². The number of Topliss-reactive ketones (excluding diaryl/α,β-unsaturated/α-hetero) is 1. The summed E-state index contributed by atoms with van der Waals surface area (Å²) in [6, 6.07) is 10.5. The van der Waals surface area contributed by atoms with E-state index in [1.54, 1.807) is 6.07 Å². The van der Waals surface area contributed by atoms with Gasteiger partial charge in [0.2, 0.25) is 0 Å². The number of halogens is 1. The lowest BCUT2D eigenvalue weighted by Crippen LogP contribution is -2.14. The zero-order valence-corrected chi connectivity index (χ0v) is 12.2. The fourth-order valence-electron chi connectivity index (χ4n) is 2.37. The van der Waals surface area contributed by atoms with Crippen LogP contribution in [-0.4, -0.2) is 12.8 Å². The summed E-state index contributed by atoms with van der Waals surface area (Å²) >= 11 is 0. The van der Waals surface area contributed by atoms with E-state index in [2.05, 4.69) is 6.07 Å². The van der Waals surface area contributed by atoms with Gasteiger partial charge in [0.25, 0.3) is 0 Å². The van der Waals surface area contributed by atoms with Crippen molar-refractivity contribution in [2.75, 3.05) is 11.9 Å². The molecule has 0 fully saturated rings. The number of rotatable bonds is 3. The molecule has 0 N–H and O–H groups in total. The van der Waals surface area contributed by atoms with Crippen molar-refractivity contribution in [1.29, 1.82) is 0 Å². The van der Waals surface area contributed by atoms with Crippen LogP contribution in [0, 0.1) is 19.7 Å². The van der Waals surface area contributed by atoms with Gasteiger partial charge in [-0.25, -0.2) is 4.39 Å². The summed E-state index contributed by atoms with van der Waals surface area (Å²) in [6.07, 6.45) is 0. The van der Waals surface area contributed by atoms with E-state index in [0.29, 0.717) is 11.3 Å². The predicted molar refractivity (Wildman–Crippen MR) is 80.4 cm³/mol. The van der Waals surface area contributed by atoms with Crippen molar-refractivity contribution in [3.63, 3.8) is 0 Å². The molecule has 0 aliphatic heterocycles. The maximum atomic E-state index is 13.3. The van der Waals surface area contributed by atoms with E-state index in [1.165, 1.54) is 19.1 Å². The lowest BCUT2D eigenvalue weighted by atomic mass is 10.1. The van der Waals surface area contributed by atoms with Gasteiger partial charge in [-0.2, -0.15) is 0 Å². The molecule has 0 aliphatic rings. The highest BCUT2D eigenvalue weighted by molar-refractivity contribution is 6.00. The maximum absolute atomic E-state index is 13.3. The Kier molecular flexibility index (Phi) is 3.89. The fourth-order valence-corrected chi connectivity index (χ4v) is 2.37. The molecule has 0 saturated carbocycles. The van der Waals surface area contributed by atoms with Gasteiger partial charge in [-0.3, -0.25) is 4.79 Å². The van der Waals surface area contributed by atoms with E-state index in [9.17, 15) is 9.18 Å². The standard InChI is InChI=1S/C17H18FNO/c1-11-7-12(2)9-15(8-11)19(4)17-6-5-14(18)10-16(17)13(3)20/h5-10H,1-4H3. The molecule has 0 atom stereocenters. The molecule has 0 aromatic heterocycles. The zero-order chi connectivity index (χ0) is 14.9. The SMILES string of the molecule is CC(=O)c1cc(F)ccc1N(C)c1cc(C)cc(C)c1. The highest BCUT2D eigenvalue weighted by Gasteiger charge is 2.14. The van der Waals surface area contributed by atoms with Crippen molar-refractivity contribution in [3.05, 3.63) is 58.9 Å². The summed E-state index contributed by atoms with van der Waals surface area (Å²) in [7, 11) is 1.88. The van der Waals surface area contributed by atoms with Gasteiger partial charge in [0, 0.05) is 18.3 Å². The van der Waals surface area contributed by atoms with Gasteiger partial charge in [0.1, 0.15) is 5.82 Å². The lowest BCUT2D eigenvalue weighted by Gasteiger charge is -2.23. The second kappa shape index (κ2) is 5.45. The quantitative estimate of drug-likeness (QED) is 0.770. The fraction of sp³-hybridized carbons (Fsp3) is 0.235. The molecule has 0 bridgehead atoms. The smallest absolute Gasteiger partial charge is 0.162 e. The monoisotopic (exact) mass is 271 g/mol. The van der Waals surface area contributed by atoms with E-state index in [4.69, 9.17) is 0 Å². The van der Waals surface area contributed by atoms with Crippen molar-refractivity contribution in [1.82, 2.24) is 0 Å². The van der Waals surface area contributed by atoms with Gasteiger partial charge in [0.15, 0.2) is 5.78 Å². The average Bonchev–Trinajstić information content (AvgIpc) is 2.36. The van der Waals surface area contributed by atoms with E-state index >= 15 is 0 Å². The maximum Gasteiger partial charge on any atom is 0.162 e. The summed E-state index contributed by atoms with van der Waals surface area (Å²) in [6.45, 7) is 5.51. The molecule has 2 aromatic carbocycles. The Morgan fingerprint density at radius 2 is 1.65 bits per heavy atom. The minimum absolute atomic E-state index is 0.143. The molecule has 0 aliphatic carbocycles. The topological polar surface area (TPSA) is 20.3 Å². The van der Waals surface area contributed by atoms with Gasteiger partial charge in [-0.05, 0) is 62.2 Å². The molecule has 0 radical (unpaired) electrons. The summed E-state index contributed by atoms with van der Waals surface area (Å²) in [5.74, 6) is -0.538. The van der Waals surface area contributed by atoms with Gasteiger partial charge in [-0.1, -0.05) is 6.07 Å². The van der Waals surface area contributed by atoms with Crippen LogP contribution in [0.25, 0.3) is 0 Å². The van der Waals surface area contributed by atoms with Gasteiger partial charge < -0.3 is 4.90 Å². The molecule has 2 rings (SSSR count). The molecule has 0 amide bonds. The van der Waals surface area contributed by atoms with Crippen molar-refractivity contribution in [2.45, 2.75) is 20.8 Å². The van der Waals surface area contributed by atoms with Gasteiger partial charge >= 0.3 is 0 Å². The highest BCUT2D eigenvalue weighted by Crippen LogP contribution is 2.29. The largest absolute Gasteiger partial charge is 0.344 e. The number of anilines is 2.